The molecule has 0 aliphatic carbocycles. The number of hydrogen-bond acceptors (Lipinski definition) is 5. The number of carbonyl (C=O) groups excluding carboxylic acids is 2. The molecule has 1 aliphatic heterocycles. The largest absolute Gasteiger partial charge is 0.448 e. The molecule has 0 saturated carbocycles. The maximum absolute atomic E-state index is 11.9. The van der Waals surface area contributed by atoms with Gasteiger partial charge < -0.3 is 14.6 Å². The van der Waals surface area contributed by atoms with E-state index in [9.17, 15) is 14.7 Å². The van der Waals surface area contributed by atoms with Gasteiger partial charge in [-0.05, 0) is 20.8 Å². The topological polar surface area (TPSA) is 76.1 Å². The van der Waals surface area contributed by atoms with Crippen LogP contribution < -0.4 is 0 Å². The minimum Gasteiger partial charge on any atom is -0.448 e. The molecule has 7 heteroatoms. The van der Waals surface area contributed by atoms with Crippen LogP contribution >= 0.6 is 11.6 Å². The van der Waals surface area contributed by atoms with Crippen LogP contribution in [0.5, 0.6) is 0 Å². The number of β-amino-alcohol motifs (C(OH)–C–C–N with tert-alkyl or cyclic N) is 1. The first-order valence-electron chi connectivity index (χ1n) is 5.65. The Bertz CT molecular complexity index is 328. The van der Waals surface area contributed by atoms with Crippen LogP contribution in [0.15, 0.2) is 0 Å². The van der Waals surface area contributed by atoms with Crippen LogP contribution in [-0.2, 0) is 14.3 Å². The molecule has 104 valence electrons. The zero-order chi connectivity index (χ0) is 13.9. The Labute approximate surface area is 111 Å². The number of ether oxygens (including phenoxy) is 2. The highest BCUT2D eigenvalue weighted by Crippen LogP contribution is 2.22. The maximum Gasteiger partial charge on any atom is 0.411 e. The summed E-state index contributed by atoms with van der Waals surface area (Å²) >= 11 is 5.30. The Kier molecular flexibility index (Phi) is 4.81. The van der Waals surface area contributed by atoms with Crippen molar-refractivity contribution in [1.82, 2.24) is 4.90 Å². The number of esters is 1. The third-order valence-corrected chi connectivity index (χ3v) is 2.49. The zero-order valence-electron chi connectivity index (χ0n) is 10.7. The Hall–Kier alpha value is -1.01. The van der Waals surface area contributed by atoms with Gasteiger partial charge in [0.25, 0.3) is 0 Å². The molecule has 2 atom stereocenters. The highest BCUT2D eigenvalue weighted by atomic mass is 35.5. The summed E-state index contributed by atoms with van der Waals surface area (Å²) in [6, 6.07) is -1.12. The average molecular weight is 280 g/mol. The van der Waals surface area contributed by atoms with E-state index in [1.165, 1.54) is 4.90 Å². The Morgan fingerprint density at radius 2 is 2.06 bits per heavy atom. The van der Waals surface area contributed by atoms with E-state index in [1.54, 1.807) is 20.8 Å². The van der Waals surface area contributed by atoms with Crippen LogP contribution in [0.4, 0.5) is 4.79 Å². The lowest BCUT2D eigenvalue weighted by molar-refractivity contribution is -0.146. The number of carbonyl (C=O) groups is 2. The van der Waals surface area contributed by atoms with Gasteiger partial charge in [-0.2, -0.15) is 0 Å². The highest BCUT2D eigenvalue weighted by Gasteiger charge is 2.41. The van der Waals surface area contributed by atoms with Gasteiger partial charge in [-0.15, -0.1) is 0 Å². The van der Waals surface area contributed by atoms with Crippen LogP contribution in [0, 0.1) is 0 Å². The van der Waals surface area contributed by atoms with Gasteiger partial charge in [0.2, 0.25) is 0 Å². The third kappa shape index (κ3) is 4.03. The third-order valence-electron chi connectivity index (χ3n) is 2.38. The molecule has 0 spiro atoms. The molecule has 0 bridgehead atoms. The van der Waals surface area contributed by atoms with Crippen molar-refractivity contribution in [2.24, 2.45) is 0 Å². The van der Waals surface area contributed by atoms with E-state index in [2.05, 4.69) is 4.74 Å². The Morgan fingerprint density at radius 3 is 2.56 bits per heavy atom. The van der Waals surface area contributed by atoms with Crippen molar-refractivity contribution < 1.29 is 24.2 Å². The quantitative estimate of drug-likeness (QED) is 0.605. The Balaban J connectivity index is 2.72. The second kappa shape index (κ2) is 5.75. The van der Waals surface area contributed by atoms with Crippen LogP contribution in [0.3, 0.4) is 0 Å². The molecule has 1 N–H and O–H groups in total. The van der Waals surface area contributed by atoms with E-state index >= 15 is 0 Å². The molecule has 1 heterocycles. The van der Waals surface area contributed by atoms with E-state index in [-0.39, 0.29) is 19.0 Å². The van der Waals surface area contributed by atoms with Gasteiger partial charge in [0.15, 0.2) is 6.07 Å². The molecule has 18 heavy (non-hydrogen) atoms. The molecule has 0 unspecified atom stereocenters. The number of aliphatic hydroxyl groups excluding tert-OH is 1. The second-order valence-corrected chi connectivity index (χ2v) is 5.33. The molecule has 1 saturated heterocycles. The number of nitrogens with zero attached hydrogens (tertiary/aromatic N) is 1. The van der Waals surface area contributed by atoms with E-state index in [1.807, 2.05) is 0 Å². The zero-order valence-corrected chi connectivity index (χ0v) is 11.4. The normalized spacial score (nSPS) is 23.9. The molecule has 1 fully saturated rings. The number of amides is 1. The lowest BCUT2D eigenvalue weighted by atomic mass is 10.2. The second-order valence-electron chi connectivity index (χ2n) is 5.11. The predicted molar refractivity (Wildman–Crippen MR) is 64.2 cm³/mol. The highest BCUT2D eigenvalue weighted by molar-refractivity contribution is 6.17. The number of halogens is 1. The minimum absolute atomic E-state index is 0.0525. The summed E-state index contributed by atoms with van der Waals surface area (Å²) in [6.07, 6.45) is -1.27. The van der Waals surface area contributed by atoms with E-state index in [0.717, 1.165) is 0 Å². The SMILES string of the molecule is CC(C)(C)OC(=O)N1C[C@@H](O)C[C@H]1C(=O)OCCl. The lowest BCUT2D eigenvalue weighted by Crippen LogP contribution is -2.44. The van der Waals surface area contributed by atoms with Crippen molar-refractivity contribution in [2.45, 2.75) is 44.9 Å². The molecular formula is C11H18ClNO5. The molecule has 1 rings (SSSR count). The number of alkyl halides is 1. The van der Waals surface area contributed by atoms with Crippen LogP contribution in [-0.4, -0.2) is 52.4 Å². The van der Waals surface area contributed by atoms with Crippen LogP contribution in [0.25, 0.3) is 0 Å². The first-order valence-corrected chi connectivity index (χ1v) is 6.18. The molecule has 0 aromatic carbocycles. The van der Waals surface area contributed by atoms with Gasteiger partial charge >= 0.3 is 12.1 Å². The molecule has 1 aliphatic rings. The van der Waals surface area contributed by atoms with Gasteiger partial charge in [-0.1, -0.05) is 11.6 Å². The summed E-state index contributed by atoms with van der Waals surface area (Å²) in [4.78, 5) is 24.7. The van der Waals surface area contributed by atoms with Crippen molar-refractivity contribution in [2.75, 3.05) is 12.6 Å². The first kappa shape index (κ1) is 15.0. The molecular weight excluding hydrogens is 262 g/mol. The van der Waals surface area contributed by atoms with Crippen LogP contribution in [0.1, 0.15) is 27.2 Å². The van der Waals surface area contributed by atoms with Crippen LogP contribution in [0.2, 0.25) is 0 Å². The van der Waals surface area contributed by atoms with Gasteiger partial charge in [0.1, 0.15) is 11.6 Å². The van der Waals surface area contributed by atoms with Crippen molar-refractivity contribution in [3.63, 3.8) is 0 Å². The van der Waals surface area contributed by atoms with E-state index < -0.39 is 29.8 Å². The summed E-state index contributed by atoms with van der Waals surface area (Å²) < 4.78 is 9.81. The molecule has 1 amide bonds. The number of rotatable bonds is 2. The molecule has 0 aromatic heterocycles. The standard InChI is InChI=1S/C11H18ClNO5/c1-11(2,3)18-10(16)13-5-7(14)4-8(13)9(15)17-6-12/h7-8,14H,4-6H2,1-3H3/t7-,8-/m0/s1. The van der Waals surface area contributed by atoms with Crippen molar-refractivity contribution in [3.05, 3.63) is 0 Å². The summed E-state index contributed by atoms with van der Waals surface area (Å²) in [7, 11) is 0. The van der Waals surface area contributed by atoms with Crippen molar-refractivity contribution in [3.8, 4) is 0 Å². The number of hydrogen-bond donors (Lipinski definition) is 1. The summed E-state index contributed by atoms with van der Waals surface area (Å²) in [5.74, 6) is -0.632. The fourth-order valence-electron chi connectivity index (χ4n) is 1.71. The summed E-state index contributed by atoms with van der Waals surface area (Å²) in [5, 5.41) is 9.54. The van der Waals surface area contributed by atoms with Crippen molar-refractivity contribution in [1.29, 1.82) is 0 Å². The fourth-order valence-corrected chi connectivity index (χ4v) is 1.82. The van der Waals surface area contributed by atoms with Gasteiger partial charge in [0.05, 0.1) is 12.6 Å². The molecule has 0 radical (unpaired) electrons. The van der Waals surface area contributed by atoms with Crippen molar-refractivity contribution >= 4 is 23.7 Å². The smallest absolute Gasteiger partial charge is 0.411 e. The monoisotopic (exact) mass is 279 g/mol. The molecule has 0 aromatic rings. The maximum atomic E-state index is 11.9. The summed E-state index contributed by atoms with van der Waals surface area (Å²) in [6.45, 7) is 5.23. The van der Waals surface area contributed by atoms with Gasteiger partial charge in [-0.3, -0.25) is 4.90 Å². The minimum atomic E-state index is -0.839. The fraction of sp³-hybridized carbons (Fsp3) is 0.818. The average Bonchev–Trinajstić information content (AvgIpc) is 2.58. The predicted octanol–water partition coefficient (Wildman–Crippen LogP) is 1.10. The number of likely N-dealkylation sites (tertiary alicyclic amines) is 1. The van der Waals surface area contributed by atoms with Gasteiger partial charge in [-0.25, -0.2) is 9.59 Å². The van der Waals surface area contributed by atoms with E-state index in [4.69, 9.17) is 16.3 Å². The first-order chi connectivity index (χ1) is 8.24. The summed E-state index contributed by atoms with van der Waals surface area (Å²) in [5.41, 5.74) is -0.661. The molecule has 6 nitrogen and oxygen atoms in total. The Morgan fingerprint density at radius 1 is 1.44 bits per heavy atom. The van der Waals surface area contributed by atoms with Gasteiger partial charge in [0, 0.05) is 6.42 Å². The number of aliphatic hydroxyl groups is 1. The van der Waals surface area contributed by atoms with E-state index in [0.29, 0.717) is 0 Å². The lowest BCUT2D eigenvalue weighted by Gasteiger charge is -2.27.